The predicted molar refractivity (Wildman–Crippen MR) is 130 cm³/mol. The van der Waals surface area contributed by atoms with Crippen molar-refractivity contribution < 1.29 is 4.74 Å². The van der Waals surface area contributed by atoms with Crippen LogP contribution in [-0.4, -0.2) is 32.5 Å². The number of benzene rings is 1. The third-order valence-corrected chi connectivity index (χ3v) is 7.76. The Morgan fingerprint density at radius 2 is 2.00 bits per heavy atom. The van der Waals surface area contributed by atoms with Crippen LogP contribution in [0, 0.1) is 11.8 Å². The molecule has 1 aromatic carbocycles. The van der Waals surface area contributed by atoms with Crippen molar-refractivity contribution in [3.8, 4) is 5.75 Å². The lowest BCUT2D eigenvalue weighted by atomic mass is 9.74. The van der Waals surface area contributed by atoms with Gasteiger partial charge < -0.3 is 9.64 Å². The van der Waals surface area contributed by atoms with Crippen LogP contribution in [0.5, 0.6) is 5.75 Å². The first kappa shape index (κ1) is 20.6. The second-order valence-corrected chi connectivity index (χ2v) is 9.70. The van der Waals surface area contributed by atoms with E-state index in [0.29, 0.717) is 5.92 Å². The first-order chi connectivity index (χ1) is 15.2. The summed E-state index contributed by atoms with van der Waals surface area (Å²) >= 11 is 0. The summed E-state index contributed by atoms with van der Waals surface area (Å²) in [6, 6.07) is 6.72. The predicted octanol–water partition coefficient (Wildman–Crippen LogP) is 6.50. The molecule has 0 aromatic heterocycles. The summed E-state index contributed by atoms with van der Waals surface area (Å²) in [5.41, 5.74) is 8.15. The van der Waals surface area contributed by atoms with Gasteiger partial charge >= 0.3 is 0 Å². The Morgan fingerprint density at radius 3 is 2.87 bits per heavy atom. The minimum absolute atomic E-state index is 0.616. The van der Waals surface area contributed by atoms with E-state index in [1.165, 1.54) is 60.2 Å². The number of nitrogens with zero attached hydrogens (tertiary/aromatic N) is 2. The molecule has 1 saturated carbocycles. The number of hydrogen-bond donors (Lipinski definition) is 0. The van der Waals surface area contributed by atoms with Crippen molar-refractivity contribution in [1.29, 1.82) is 0 Å². The maximum atomic E-state index is 6.05. The molecule has 0 spiro atoms. The van der Waals surface area contributed by atoms with Crippen LogP contribution in [0.4, 0.5) is 5.69 Å². The number of hydrogen-bond acceptors (Lipinski definition) is 3. The molecule has 0 amide bonds. The minimum atomic E-state index is 0.616. The Hall–Kier alpha value is -2.29. The highest BCUT2D eigenvalue weighted by Gasteiger charge is 2.29. The molecule has 3 heteroatoms. The van der Waals surface area contributed by atoms with Crippen LogP contribution in [-0.2, 0) is 0 Å². The van der Waals surface area contributed by atoms with Crippen LogP contribution >= 0.6 is 0 Å². The molecule has 4 aliphatic rings. The van der Waals surface area contributed by atoms with E-state index in [1.54, 1.807) is 5.57 Å². The Kier molecular flexibility index (Phi) is 6.02. The Balaban J connectivity index is 1.60. The standard InChI is InChI=1S/C28H36N2O/c1-20(21-9-4-3-5-10-21)24-13-7-6-11-22-12-8-16-29-28(27(22)24)23-14-15-25-26(19-23)31-18-17-30(25)2/h6-7,11,14-15,19-21H,3-5,8-10,12-13,16-18H2,1-2H3. The smallest absolute Gasteiger partial charge is 0.143 e. The molecule has 0 radical (unpaired) electrons. The maximum Gasteiger partial charge on any atom is 0.143 e. The summed E-state index contributed by atoms with van der Waals surface area (Å²) < 4.78 is 6.05. The summed E-state index contributed by atoms with van der Waals surface area (Å²) in [6.07, 6.45) is 17.3. The average Bonchev–Trinajstić information content (AvgIpc) is 3.14. The summed E-state index contributed by atoms with van der Waals surface area (Å²) in [7, 11) is 2.15. The normalized spacial score (nSPS) is 23.1. The van der Waals surface area contributed by atoms with E-state index in [9.17, 15) is 0 Å². The summed E-state index contributed by atoms with van der Waals surface area (Å²) in [5, 5.41) is 0. The lowest BCUT2D eigenvalue weighted by Crippen LogP contribution is -2.29. The van der Waals surface area contributed by atoms with Gasteiger partial charge in [0.2, 0.25) is 0 Å². The highest BCUT2D eigenvalue weighted by Crippen LogP contribution is 2.41. The number of ether oxygens (including phenoxy) is 1. The van der Waals surface area contributed by atoms with Gasteiger partial charge in [0.15, 0.2) is 0 Å². The SMILES string of the molecule is CC(C1=C2C(=CC=CC1)CCCN=C2c1ccc2c(c1)OCCN2C)C1CCCCC1. The molecular weight excluding hydrogens is 380 g/mol. The van der Waals surface area contributed by atoms with Gasteiger partial charge in [0.25, 0.3) is 0 Å². The summed E-state index contributed by atoms with van der Waals surface area (Å²) in [5.74, 6) is 2.43. The quantitative estimate of drug-likeness (QED) is 0.562. The first-order valence-corrected chi connectivity index (χ1v) is 12.3. The number of anilines is 1. The zero-order valence-corrected chi connectivity index (χ0v) is 19.2. The van der Waals surface area contributed by atoms with E-state index in [2.05, 4.69) is 55.3 Å². The van der Waals surface area contributed by atoms with Gasteiger partial charge in [-0.05, 0) is 61.6 Å². The fourth-order valence-corrected chi connectivity index (χ4v) is 5.90. The van der Waals surface area contributed by atoms with Gasteiger partial charge in [0, 0.05) is 24.7 Å². The fraction of sp³-hybridized carbons (Fsp3) is 0.536. The molecule has 2 aliphatic heterocycles. The van der Waals surface area contributed by atoms with Crippen molar-refractivity contribution in [2.75, 3.05) is 31.6 Å². The van der Waals surface area contributed by atoms with Crippen LogP contribution in [0.3, 0.4) is 0 Å². The van der Waals surface area contributed by atoms with Crippen LogP contribution < -0.4 is 9.64 Å². The first-order valence-electron chi connectivity index (χ1n) is 12.3. The Labute approximate surface area is 187 Å². The highest BCUT2D eigenvalue weighted by atomic mass is 16.5. The molecule has 31 heavy (non-hydrogen) atoms. The molecule has 5 rings (SSSR count). The lowest BCUT2D eigenvalue weighted by molar-refractivity contribution is 0.288. The molecule has 0 bridgehead atoms. The van der Waals surface area contributed by atoms with E-state index >= 15 is 0 Å². The van der Waals surface area contributed by atoms with E-state index in [-0.39, 0.29) is 0 Å². The van der Waals surface area contributed by atoms with Gasteiger partial charge in [-0.15, -0.1) is 0 Å². The van der Waals surface area contributed by atoms with Gasteiger partial charge in [0.05, 0.1) is 17.9 Å². The molecule has 3 nitrogen and oxygen atoms in total. The molecule has 2 aliphatic carbocycles. The number of fused-ring (bicyclic) bond motifs is 2. The third-order valence-electron chi connectivity index (χ3n) is 7.76. The van der Waals surface area contributed by atoms with E-state index in [1.807, 2.05) is 0 Å². The lowest BCUT2D eigenvalue weighted by Gasteiger charge is -2.32. The zero-order valence-electron chi connectivity index (χ0n) is 19.2. The Morgan fingerprint density at radius 1 is 1.13 bits per heavy atom. The van der Waals surface area contributed by atoms with Crippen LogP contribution in [0.25, 0.3) is 0 Å². The number of rotatable bonds is 3. The molecule has 0 saturated heterocycles. The third kappa shape index (κ3) is 4.12. The molecular formula is C28H36N2O. The average molecular weight is 417 g/mol. The number of allylic oxidation sites excluding steroid dienone is 6. The van der Waals surface area contributed by atoms with Crippen molar-refractivity contribution in [3.05, 3.63) is 58.7 Å². The maximum absolute atomic E-state index is 6.05. The Bertz CT molecular complexity index is 946. The van der Waals surface area contributed by atoms with Crippen molar-refractivity contribution in [2.24, 2.45) is 16.8 Å². The van der Waals surface area contributed by atoms with Gasteiger partial charge in [-0.1, -0.05) is 56.1 Å². The van der Waals surface area contributed by atoms with Gasteiger partial charge in [0.1, 0.15) is 12.4 Å². The molecule has 2 heterocycles. The minimum Gasteiger partial charge on any atom is -0.490 e. The molecule has 0 N–H and O–H groups in total. The van der Waals surface area contributed by atoms with E-state index < -0.39 is 0 Å². The van der Waals surface area contributed by atoms with Crippen LogP contribution in [0.15, 0.2) is 58.1 Å². The van der Waals surface area contributed by atoms with Crippen molar-refractivity contribution in [1.82, 2.24) is 0 Å². The topological polar surface area (TPSA) is 24.8 Å². The highest BCUT2D eigenvalue weighted by molar-refractivity contribution is 6.16. The second kappa shape index (κ2) is 9.06. The molecule has 1 aromatic rings. The van der Waals surface area contributed by atoms with Gasteiger partial charge in [-0.3, -0.25) is 4.99 Å². The van der Waals surface area contributed by atoms with Crippen molar-refractivity contribution in [2.45, 2.75) is 58.3 Å². The fourth-order valence-electron chi connectivity index (χ4n) is 5.90. The molecule has 1 unspecified atom stereocenters. The molecule has 1 atom stereocenters. The van der Waals surface area contributed by atoms with Gasteiger partial charge in [-0.2, -0.15) is 0 Å². The number of likely N-dealkylation sites (N-methyl/N-ethyl adjacent to an activating group) is 1. The summed E-state index contributed by atoms with van der Waals surface area (Å²) in [4.78, 5) is 7.47. The summed E-state index contributed by atoms with van der Waals surface area (Å²) in [6.45, 7) is 5.09. The van der Waals surface area contributed by atoms with Gasteiger partial charge in [-0.25, -0.2) is 0 Å². The number of aliphatic imine (C=N–C) groups is 1. The largest absolute Gasteiger partial charge is 0.490 e. The molecule has 1 fully saturated rings. The van der Waals surface area contributed by atoms with Crippen molar-refractivity contribution >= 4 is 11.4 Å². The monoisotopic (exact) mass is 416 g/mol. The van der Waals surface area contributed by atoms with Crippen LogP contribution in [0.1, 0.15) is 63.9 Å². The van der Waals surface area contributed by atoms with Crippen LogP contribution in [0.2, 0.25) is 0 Å². The molecule has 164 valence electrons. The van der Waals surface area contributed by atoms with Crippen molar-refractivity contribution in [3.63, 3.8) is 0 Å². The van der Waals surface area contributed by atoms with E-state index in [4.69, 9.17) is 9.73 Å². The van der Waals surface area contributed by atoms with E-state index in [0.717, 1.165) is 50.6 Å². The second-order valence-electron chi connectivity index (χ2n) is 9.70. The zero-order chi connectivity index (χ0) is 21.2.